The number of nitrogens with one attached hydrogen (secondary N) is 1. The number of H-pyrrole nitrogens is 1. The van der Waals surface area contributed by atoms with Crippen LogP contribution in [0.1, 0.15) is 12.5 Å². The maximum Gasteiger partial charge on any atom is 0.329 e. The number of halogens is 1. The van der Waals surface area contributed by atoms with Gasteiger partial charge in [-0.05, 0) is 18.6 Å². The summed E-state index contributed by atoms with van der Waals surface area (Å²) in [5.41, 5.74) is -0.354. The molecule has 1 atom stereocenters. The van der Waals surface area contributed by atoms with Crippen molar-refractivity contribution in [2.24, 2.45) is 0 Å². The lowest BCUT2D eigenvalue weighted by molar-refractivity contribution is 0.185. The molecule has 0 spiro atoms. The predicted octanol–water partition coefficient (Wildman–Crippen LogP) is 1.30. The van der Waals surface area contributed by atoms with E-state index >= 15 is 0 Å². The first-order valence-electron chi connectivity index (χ1n) is 5.69. The summed E-state index contributed by atoms with van der Waals surface area (Å²) in [6.07, 6.45) is 0.676. The second-order valence-corrected chi connectivity index (χ2v) is 4.69. The minimum Gasteiger partial charge on any atom is -0.379 e. The Morgan fingerprint density at radius 3 is 2.94 bits per heavy atom. The Labute approximate surface area is 107 Å². The molecule has 2 aromatic rings. The van der Waals surface area contributed by atoms with Gasteiger partial charge in [-0.25, -0.2) is 4.79 Å². The SMILES string of the molecule is O=c1[nH]c2c(Cl)cccc2c(=O)n1C1CCOC1. The Hall–Kier alpha value is -1.59. The molecule has 1 aliphatic rings. The lowest BCUT2D eigenvalue weighted by atomic mass is 10.2. The van der Waals surface area contributed by atoms with E-state index in [2.05, 4.69) is 4.98 Å². The van der Waals surface area contributed by atoms with Gasteiger partial charge in [0.25, 0.3) is 5.56 Å². The van der Waals surface area contributed by atoms with Gasteiger partial charge in [0.15, 0.2) is 0 Å². The molecule has 18 heavy (non-hydrogen) atoms. The summed E-state index contributed by atoms with van der Waals surface area (Å²) in [6, 6.07) is 4.80. The molecule has 1 saturated heterocycles. The van der Waals surface area contributed by atoms with Gasteiger partial charge < -0.3 is 9.72 Å². The van der Waals surface area contributed by atoms with Crippen molar-refractivity contribution in [2.75, 3.05) is 13.2 Å². The highest BCUT2D eigenvalue weighted by atomic mass is 35.5. The van der Waals surface area contributed by atoms with Crippen LogP contribution in [0.15, 0.2) is 27.8 Å². The van der Waals surface area contributed by atoms with Crippen LogP contribution in [0.3, 0.4) is 0 Å². The number of hydrogen-bond donors (Lipinski definition) is 1. The molecule has 1 aromatic carbocycles. The Kier molecular flexibility index (Phi) is 2.72. The molecule has 1 aromatic heterocycles. The fourth-order valence-electron chi connectivity index (χ4n) is 2.28. The first-order valence-corrected chi connectivity index (χ1v) is 6.07. The van der Waals surface area contributed by atoms with E-state index in [4.69, 9.17) is 16.3 Å². The molecule has 0 aliphatic carbocycles. The molecule has 2 heterocycles. The van der Waals surface area contributed by atoms with Gasteiger partial charge in [-0.3, -0.25) is 9.36 Å². The fourth-order valence-corrected chi connectivity index (χ4v) is 2.50. The van der Waals surface area contributed by atoms with Crippen molar-refractivity contribution in [3.63, 3.8) is 0 Å². The summed E-state index contributed by atoms with van der Waals surface area (Å²) in [4.78, 5) is 27.0. The summed E-state index contributed by atoms with van der Waals surface area (Å²) in [5, 5.41) is 0.797. The highest BCUT2D eigenvalue weighted by molar-refractivity contribution is 6.34. The molecular weight excluding hydrogens is 256 g/mol. The van der Waals surface area contributed by atoms with E-state index < -0.39 is 5.69 Å². The van der Waals surface area contributed by atoms with E-state index in [9.17, 15) is 9.59 Å². The third kappa shape index (κ3) is 1.67. The second-order valence-electron chi connectivity index (χ2n) is 4.29. The van der Waals surface area contributed by atoms with Crippen molar-refractivity contribution >= 4 is 22.5 Å². The number of fused-ring (bicyclic) bond motifs is 1. The molecule has 0 bridgehead atoms. The average molecular weight is 267 g/mol. The normalized spacial score (nSPS) is 19.5. The molecule has 1 aliphatic heterocycles. The first kappa shape index (κ1) is 11.5. The van der Waals surface area contributed by atoms with Gasteiger partial charge in [0.2, 0.25) is 0 Å². The number of ether oxygens (including phenoxy) is 1. The van der Waals surface area contributed by atoms with Crippen molar-refractivity contribution in [1.82, 2.24) is 9.55 Å². The first-order chi connectivity index (χ1) is 8.68. The van der Waals surface area contributed by atoms with E-state index in [1.54, 1.807) is 18.2 Å². The number of rotatable bonds is 1. The summed E-state index contributed by atoms with van der Waals surface area (Å²) < 4.78 is 6.45. The van der Waals surface area contributed by atoms with Gasteiger partial charge in [0, 0.05) is 6.61 Å². The van der Waals surface area contributed by atoms with Crippen LogP contribution < -0.4 is 11.2 Å². The highest BCUT2D eigenvalue weighted by Gasteiger charge is 2.22. The Morgan fingerprint density at radius 1 is 1.39 bits per heavy atom. The van der Waals surface area contributed by atoms with Crippen molar-refractivity contribution in [1.29, 1.82) is 0 Å². The zero-order valence-electron chi connectivity index (χ0n) is 9.48. The largest absolute Gasteiger partial charge is 0.379 e. The van der Waals surface area contributed by atoms with Crippen molar-refractivity contribution in [2.45, 2.75) is 12.5 Å². The molecular formula is C12H11ClN2O3. The third-order valence-electron chi connectivity index (χ3n) is 3.18. The fraction of sp³-hybridized carbons (Fsp3) is 0.333. The van der Waals surface area contributed by atoms with Gasteiger partial charge in [0.05, 0.1) is 28.6 Å². The van der Waals surface area contributed by atoms with Gasteiger partial charge in [-0.15, -0.1) is 0 Å². The number of nitrogens with zero attached hydrogens (tertiary/aromatic N) is 1. The number of benzene rings is 1. The van der Waals surface area contributed by atoms with Gasteiger partial charge in [-0.2, -0.15) is 0 Å². The molecule has 0 amide bonds. The van der Waals surface area contributed by atoms with E-state index in [0.29, 0.717) is 35.6 Å². The quantitative estimate of drug-likeness (QED) is 0.846. The zero-order valence-corrected chi connectivity index (χ0v) is 10.2. The summed E-state index contributed by atoms with van der Waals surface area (Å²) in [6.45, 7) is 0.971. The third-order valence-corrected chi connectivity index (χ3v) is 3.50. The molecule has 1 unspecified atom stereocenters. The topological polar surface area (TPSA) is 64.1 Å². The number of aromatic nitrogens is 2. The van der Waals surface area contributed by atoms with Crippen molar-refractivity contribution in [3.05, 3.63) is 44.1 Å². The Bertz CT molecular complexity index is 713. The van der Waals surface area contributed by atoms with Crippen molar-refractivity contribution in [3.8, 4) is 0 Å². The van der Waals surface area contributed by atoms with E-state index in [1.165, 1.54) is 4.57 Å². The van der Waals surface area contributed by atoms with Crippen LogP contribution in [-0.2, 0) is 4.74 Å². The lowest BCUT2D eigenvalue weighted by Crippen LogP contribution is -2.38. The average Bonchev–Trinajstić information content (AvgIpc) is 2.84. The smallest absolute Gasteiger partial charge is 0.329 e. The standard InChI is InChI=1S/C12H11ClN2O3/c13-9-3-1-2-8-10(9)14-12(17)15(11(8)16)7-4-5-18-6-7/h1-3,7H,4-6H2,(H,14,17). The molecule has 5 nitrogen and oxygen atoms in total. The molecule has 0 saturated carbocycles. The van der Waals surface area contributed by atoms with Crippen LogP contribution in [0.4, 0.5) is 0 Å². The predicted molar refractivity (Wildman–Crippen MR) is 68.3 cm³/mol. The molecule has 1 N–H and O–H groups in total. The number of hydrogen-bond acceptors (Lipinski definition) is 3. The van der Waals surface area contributed by atoms with Crippen LogP contribution in [0.2, 0.25) is 5.02 Å². The van der Waals surface area contributed by atoms with Crippen LogP contribution in [0.25, 0.3) is 10.9 Å². The maximum absolute atomic E-state index is 12.3. The summed E-state index contributed by atoms with van der Waals surface area (Å²) in [5.74, 6) is 0. The van der Waals surface area contributed by atoms with Gasteiger partial charge >= 0.3 is 5.69 Å². The van der Waals surface area contributed by atoms with Crippen molar-refractivity contribution < 1.29 is 4.74 Å². The van der Waals surface area contributed by atoms with Crippen LogP contribution >= 0.6 is 11.6 Å². The van der Waals surface area contributed by atoms with Gasteiger partial charge in [0.1, 0.15) is 0 Å². The van der Waals surface area contributed by atoms with E-state index in [-0.39, 0.29) is 11.6 Å². The monoisotopic (exact) mass is 266 g/mol. The minimum atomic E-state index is -0.434. The van der Waals surface area contributed by atoms with Crippen LogP contribution in [0, 0.1) is 0 Å². The summed E-state index contributed by atoms with van der Waals surface area (Å²) >= 11 is 5.97. The van der Waals surface area contributed by atoms with Crippen LogP contribution in [0.5, 0.6) is 0 Å². The van der Waals surface area contributed by atoms with Crippen LogP contribution in [-0.4, -0.2) is 22.8 Å². The van der Waals surface area contributed by atoms with E-state index in [0.717, 1.165) is 0 Å². The maximum atomic E-state index is 12.3. The highest BCUT2D eigenvalue weighted by Crippen LogP contribution is 2.19. The zero-order chi connectivity index (χ0) is 12.7. The number of para-hydroxylation sites is 1. The Balaban J connectivity index is 2.34. The number of aromatic amines is 1. The molecule has 0 radical (unpaired) electrons. The molecule has 3 rings (SSSR count). The molecule has 6 heteroatoms. The molecule has 94 valence electrons. The Morgan fingerprint density at radius 2 is 2.22 bits per heavy atom. The van der Waals surface area contributed by atoms with Gasteiger partial charge in [-0.1, -0.05) is 17.7 Å². The summed E-state index contributed by atoms with van der Waals surface area (Å²) in [7, 11) is 0. The van der Waals surface area contributed by atoms with E-state index in [1.807, 2.05) is 0 Å². The molecule has 1 fully saturated rings. The lowest BCUT2D eigenvalue weighted by Gasteiger charge is -2.11. The minimum absolute atomic E-state index is 0.190. The second kappa shape index (κ2) is 4.26.